The molecule has 0 bridgehead atoms. The van der Waals surface area contributed by atoms with Crippen molar-refractivity contribution in [2.75, 3.05) is 6.61 Å². The zero-order valence-corrected chi connectivity index (χ0v) is 19.9. The van der Waals surface area contributed by atoms with Gasteiger partial charge in [-0.15, -0.1) is 15.0 Å². The van der Waals surface area contributed by atoms with Gasteiger partial charge in [0, 0.05) is 12.0 Å². The molecule has 6 nitrogen and oxygen atoms in total. The van der Waals surface area contributed by atoms with Crippen LogP contribution in [0.25, 0.3) is 16.7 Å². The standard InChI is InChI=1S/C24H31N3O3Si/c1-6-31(7-2,8-3)30-23-14-13-19(15-16-29-24(28)18(4)5)17-22(23)27-25-20-11-9-10-12-21(20)26-27/h9-14,17H,4,6-8,15-16H2,1-3,5H3. The average Bonchev–Trinajstić information content (AvgIpc) is 3.22. The van der Waals surface area contributed by atoms with E-state index in [2.05, 4.69) is 37.5 Å². The van der Waals surface area contributed by atoms with Gasteiger partial charge in [0.2, 0.25) is 0 Å². The van der Waals surface area contributed by atoms with Crippen molar-refractivity contribution in [1.82, 2.24) is 15.0 Å². The van der Waals surface area contributed by atoms with Crippen molar-refractivity contribution in [3.8, 4) is 11.4 Å². The second kappa shape index (κ2) is 9.92. The van der Waals surface area contributed by atoms with E-state index in [4.69, 9.17) is 9.16 Å². The van der Waals surface area contributed by atoms with E-state index in [1.165, 1.54) is 0 Å². The number of esters is 1. The van der Waals surface area contributed by atoms with Crippen molar-refractivity contribution in [2.45, 2.75) is 52.2 Å². The van der Waals surface area contributed by atoms with Crippen molar-refractivity contribution in [3.05, 3.63) is 60.2 Å². The van der Waals surface area contributed by atoms with Gasteiger partial charge in [-0.1, -0.05) is 45.5 Å². The normalized spacial score (nSPS) is 11.5. The van der Waals surface area contributed by atoms with Gasteiger partial charge in [-0.05, 0) is 54.9 Å². The molecular formula is C24H31N3O3Si. The molecule has 0 aliphatic heterocycles. The second-order valence-electron chi connectivity index (χ2n) is 7.79. The fraction of sp³-hybridized carbons (Fsp3) is 0.375. The van der Waals surface area contributed by atoms with E-state index in [0.717, 1.165) is 46.2 Å². The number of benzene rings is 2. The van der Waals surface area contributed by atoms with Crippen LogP contribution in [0.15, 0.2) is 54.6 Å². The predicted octanol–water partition coefficient (Wildman–Crippen LogP) is 5.47. The van der Waals surface area contributed by atoms with Gasteiger partial charge in [0.15, 0.2) is 0 Å². The number of rotatable bonds is 10. The molecule has 0 saturated carbocycles. The highest BCUT2D eigenvalue weighted by Crippen LogP contribution is 2.31. The fourth-order valence-electron chi connectivity index (χ4n) is 3.51. The van der Waals surface area contributed by atoms with Gasteiger partial charge >= 0.3 is 5.97 Å². The molecule has 3 aromatic rings. The first-order valence-electron chi connectivity index (χ1n) is 10.9. The number of carbonyl (C=O) groups is 1. The molecule has 0 radical (unpaired) electrons. The summed E-state index contributed by atoms with van der Waals surface area (Å²) in [5.41, 5.74) is 3.90. The topological polar surface area (TPSA) is 66.2 Å². The van der Waals surface area contributed by atoms with Crippen molar-refractivity contribution in [3.63, 3.8) is 0 Å². The second-order valence-corrected chi connectivity index (χ2v) is 12.5. The summed E-state index contributed by atoms with van der Waals surface area (Å²) in [6, 6.07) is 17.0. The number of fused-ring (bicyclic) bond motifs is 1. The molecule has 2 aromatic carbocycles. The number of nitrogens with zero attached hydrogens (tertiary/aromatic N) is 3. The van der Waals surface area contributed by atoms with E-state index in [9.17, 15) is 4.79 Å². The minimum absolute atomic E-state index is 0.289. The molecule has 0 spiro atoms. The fourth-order valence-corrected chi connectivity index (χ4v) is 6.09. The molecular weight excluding hydrogens is 406 g/mol. The van der Waals surface area contributed by atoms with Gasteiger partial charge in [0.05, 0.1) is 6.61 Å². The number of carbonyl (C=O) groups excluding carboxylic acids is 1. The molecule has 0 aliphatic carbocycles. The summed E-state index contributed by atoms with van der Waals surface area (Å²) in [6.07, 6.45) is 0.588. The highest BCUT2D eigenvalue weighted by Gasteiger charge is 2.32. The van der Waals surface area contributed by atoms with Gasteiger partial charge in [-0.2, -0.15) is 0 Å². The van der Waals surface area contributed by atoms with Crippen LogP contribution in [0.5, 0.6) is 5.75 Å². The molecule has 1 heterocycles. The van der Waals surface area contributed by atoms with E-state index in [-0.39, 0.29) is 12.6 Å². The molecule has 0 N–H and O–H groups in total. The summed E-state index contributed by atoms with van der Waals surface area (Å²) < 4.78 is 12.0. The van der Waals surface area contributed by atoms with Crippen molar-refractivity contribution < 1.29 is 14.0 Å². The van der Waals surface area contributed by atoms with Crippen molar-refractivity contribution in [2.24, 2.45) is 0 Å². The van der Waals surface area contributed by atoms with E-state index < -0.39 is 8.32 Å². The number of hydrogen-bond donors (Lipinski definition) is 0. The summed E-state index contributed by atoms with van der Waals surface area (Å²) in [7, 11) is -1.88. The smallest absolute Gasteiger partial charge is 0.333 e. The molecule has 164 valence electrons. The SMILES string of the molecule is C=C(C)C(=O)OCCc1ccc(O[Si](CC)(CC)CC)c(-n2nc3ccccc3n2)c1. The first-order valence-corrected chi connectivity index (χ1v) is 13.4. The molecule has 0 fully saturated rings. The van der Waals surface area contributed by atoms with Crippen LogP contribution in [-0.4, -0.2) is 35.9 Å². The first-order chi connectivity index (χ1) is 14.9. The highest BCUT2D eigenvalue weighted by atomic mass is 28.4. The number of hydrogen-bond acceptors (Lipinski definition) is 5. The van der Waals surface area contributed by atoms with Gasteiger partial charge in [0.25, 0.3) is 8.32 Å². The van der Waals surface area contributed by atoms with Gasteiger partial charge < -0.3 is 9.16 Å². The molecule has 3 rings (SSSR count). The van der Waals surface area contributed by atoms with Crippen LogP contribution in [0.1, 0.15) is 33.3 Å². The molecule has 31 heavy (non-hydrogen) atoms. The zero-order valence-electron chi connectivity index (χ0n) is 18.9. The Morgan fingerprint density at radius 1 is 1.03 bits per heavy atom. The zero-order chi connectivity index (χ0) is 22.4. The van der Waals surface area contributed by atoms with Crippen LogP contribution in [0.4, 0.5) is 0 Å². The summed E-state index contributed by atoms with van der Waals surface area (Å²) in [6.45, 7) is 12.2. The van der Waals surface area contributed by atoms with Gasteiger partial charge in [-0.25, -0.2) is 4.79 Å². The highest BCUT2D eigenvalue weighted by molar-refractivity contribution is 6.74. The third-order valence-corrected chi connectivity index (χ3v) is 10.3. The van der Waals surface area contributed by atoms with Crippen LogP contribution < -0.4 is 4.43 Å². The molecule has 1 aromatic heterocycles. The van der Waals surface area contributed by atoms with Crippen LogP contribution in [0.2, 0.25) is 18.1 Å². The monoisotopic (exact) mass is 437 g/mol. The third kappa shape index (κ3) is 5.22. The number of aromatic nitrogens is 3. The average molecular weight is 438 g/mol. The van der Waals surface area contributed by atoms with E-state index in [1.807, 2.05) is 42.5 Å². The summed E-state index contributed by atoms with van der Waals surface area (Å²) in [5.74, 6) is 0.435. The molecule has 0 saturated heterocycles. The Morgan fingerprint density at radius 3 is 2.19 bits per heavy atom. The Kier molecular flexibility index (Phi) is 7.28. The lowest BCUT2D eigenvalue weighted by Crippen LogP contribution is -2.39. The van der Waals surface area contributed by atoms with Gasteiger partial charge in [-0.3, -0.25) is 0 Å². The van der Waals surface area contributed by atoms with Crippen molar-refractivity contribution in [1.29, 1.82) is 0 Å². The summed E-state index contributed by atoms with van der Waals surface area (Å²) in [5, 5.41) is 9.34. The Morgan fingerprint density at radius 2 is 1.65 bits per heavy atom. The maximum Gasteiger partial charge on any atom is 0.333 e. The Balaban J connectivity index is 1.96. The number of ether oxygens (including phenoxy) is 1. The predicted molar refractivity (Wildman–Crippen MR) is 126 cm³/mol. The van der Waals surface area contributed by atoms with E-state index >= 15 is 0 Å². The third-order valence-electron chi connectivity index (χ3n) is 5.76. The minimum Gasteiger partial charge on any atom is -0.542 e. The minimum atomic E-state index is -1.88. The van der Waals surface area contributed by atoms with Crippen molar-refractivity contribution >= 4 is 25.3 Å². The Labute approximate surface area is 185 Å². The Bertz CT molecular complexity index is 1030. The first kappa shape index (κ1) is 22.7. The van der Waals surface area contributed by atoms with Crippen LogP contribution in [-0.2, 0) is 16.0 Å². The molecule has 0 unspecified atom stereocenters. The van der Waals surface area contributed by atoms with E-state index in [0.29, 0.717) is 12.0 Å². The van der Waals surface area contributed by atoms with Crippen LogP contribution in [0, 0.1) is 0 Å². The molecule has 7 heteroatoms. The Hall–Kier alpha value is -2.93. The quantitative estimate of drug-likeness (QED) is 0.239. The maximum absolute atomic E-state index is 11.7. The largest absolute Gasteiger partial charge is 0.542 e. The lowest BCUT2D eigenvalue weighted by atomic mass is 10.1. The maximum atomic E-state index is 11.7. The van der Waals surface area contributed by atoms with Gasteiger partial charge in [0.1, 0.15) is 22.5 Å². The van der Waals surface area contributed by atoms with Crippen LogP contribution >= 0.6 is 0 Å². The molecule has 0 amide bonds. The molecule has 0 atom stereocenters. The molecule has 0 aliphatic rings. The lowest BCUT2D eigenvalue weighted by Gasteiger charge is -2.30. The lowest BCUT2D eigenvalue weighted by molar-refractivity contribution is -0.138. The van der Waals surface area contributed by atoms with Crippen LogP contribution in [0.3, 0.4) is 0 Å². The summed E-state index contributed by atoms with van der Waals surface area (Å²) in [4.78, 5) is 13.3. The summed E-state index contributed by atoms with van der Waals surface area (Å²) >= 11 is 0. The van der Waals surface area contributed by atoms with E-state index in [1.54, 1.807) is 11.7 Å².